The maximum Gasteiger partial charge on any atom is 0.407 e. The van der Waals surface area contributed by atoms with Gasteiger partial charge in [0.1, 0.15) is 12.6 Å². The number of hydrogen-bond donors (Lipinski definition) is 5. The predicted molar refractivity (Wildman–Crippen MR) is 351 cm³/mol. The number of rotatable bonds is 26. The lowest BCUT2D eigenvalue weighted by Gasteiger charge is -2.31. The van der Waals surface area contributed by atoms with E-state index in [1.54, 1.807) is 46.2 Å². The van der Waals surface area contributed by atoms with Gasteiger partial charge in [-0.05, 0) is 96.1 Å². The summed E-state index contributed by atoms with van der Waals surface area (Å²) in [6.07, 6.45) is 6.72. The minimum absolute atomic E-state index is 0. The van der Waals surface area contributed by atoms with Crippen molar-refractivity contribution in [2.75, 3.05) is 0 Å². The Morgan fingerprint density at radius 2 is 1.14 bits per heavy atom. The Balaban J connectivity index is 0.000000397. The summed E-state index contributed by atoms with van der Waals surface area (Å²) in [6.45, 7) is 20.5. The van der Waals surface area contributed by atoms with Crippen LogP contribution in [0.1, 0.15) is 157 Å². The number of alkyl carbamates (subject to hydrolysis) is 1. The van der Waals surface area contributed by atoms with E-state index in [9.17, 15) is 29.1 Å². The molecule has 5 N–H and O–H groups in total. The molecule has 2 aromatic carbocycles. The normalized spacial score (nSPS) is 14.8. The quantitative estimate of drug-likeness (QED) is 0.0328. The zero-order valence-corrected chi connectivity index (χ0v) is 57.2. The van der Waals surface area contributed by atoms with Crippen LogP contribution in [0.15, 0.2) is 83.1 Å². The highest BCUT2D eigenvalue weighted by molar-refractivity contribution is 15.0. The van der Waals surface area contributed by atoms with Crippen LogP contribution in [0.25, 0.3) is 0 Å². The predicted octanol–water partition coefficient (Wildman–Crippen LogP) is 13.5. The van der Waals surface area contributed by atoms with Crippen molar-refractivity contribution in [3.63, 3.8) is 0 Å². The fraction of sp³-hybridized carbons (Fsp3) is 0.552. The van der Waals surface area contributed by atoms with Crippen LogP contribution in [0.5, 0.6) is 0 Å². The lowest BCUT2D eigenvalue weighted by molar-refractivity contribution is -0.147. The first kappa shape index (κ1) is 69.7. The number of hydrogen-bond acceptors (Lipinski definition) is 13. The second kappa shape index (κ2) is 34.9. The summed E-state index contributed by atoms with van der Waals surface area (Å²) in [5.41, 5.74) is 5.12. The Morgan fingerprint density at radius 1 is 0.679 bits per heavy atom. The lowest BCUT2D eigenvalue weighted by Crippen LogP contribution is -2.55. The van der Waals surface area contributed by atoms with Gasteiger partial charge in [-0.3, -0.25) is 9.78 Å². The fourth-order valence-corrected chi connectivity index (χ4v) is 10.9. The molecule has 2 aliphatic carbocycles. The van der Waals surface area contributed by atoms with Gasteiger partial charge >= 0.3 is 24.1 Å². The number of aromatic nitrogens is 3. The minimum atomic E-state index is -1.11. The van der Waals surface area contributed by atoms with Crippen LogP contribution in [0, 0.1) is 5.92 Å². The van der Waals surface area contributed by atoms with Gasteiger partial charge in [-0.25, -0.2) is 29.1 Å². The topological polar surface area (TPSA) is 217 Å². The first-order valence-electron chi connectivity index (χ1n) is 27.4. The molecule has 3 aromatic heterocycles. The number of carbonyl (C=O) groups excluding carboxylic acids is 4. The number of amides is 6. The van der Waals surface area contributed by atoms with E-state index in [1.165, 1.54) is 11.3 Å². The molecule has 446 valence electrons. The van der Waals surface area contributed by atoms with Crippen LogP contribution in [-0.4, -0.2) is 108 Å². The molecule has 17 nitrogen and oxygen atoms in total. The number of carbonyl (C=O) groups is 5. The molecule has 5 atom stereocenters. The van der Waals surface area contributed by atoms with E-state index >= 15 is 0 Å². The van der Waals surface area contributed by atoms with E-state index in [0.29, 0.717) is 50.6 Å². The lowest BCUT2D eigenvalue weighted by atomic mass is 9.95. The number of thiazole rings is 3. The van der Waals surface area contributed by atoms with Gasteiger partial charge < -0.3 is 45.6 Å². The Morgan fingerprint density at radius 3 is 1.52 bits per heavy atom. The maximum absolute atomic E-state index is 14.0. The number of benzene rings is 2. The van der Waals surface area contributed by atoms with Crippen molar-refractivity contribution in [1.29, 1.82) is 0 Å². The van der Waals surface area contributed by atoms with Gasteiger partial charge in [-0.15, -0.1) is 58.0 Å². The van der Waals surface area contributed by atoms with Gasteiger partial charge in [0.25, 0.3) is 0 Å². The summed E-state index contributed by atoms with van der Waals surface area (Å²) in [6, 6.07) is 17.4. The van der Waals surface area contributed by atoms with Crippen LogP contribution in [0.4, 0.5) is 14.4 Å². The molecule has 6 amide bonds. The first-order valence-corrected chi connectivity index (χ1v) is 36.3. The zero-order chi connectivity index (χ0) is 58.5. The molecule has 3 heterocycles. The standard InChI is InChI=1S/C39H50N6O4S2.C19H31N3O4S.I2.HI/c1-26(2)35(44-38(47)45(33-17-18-33)22-32-24-50-37(42-32)27(3)4)36(46)41-30(19-28-11-7-5-8-12-28)15-16-31(20-29-13-9-6-10-14-29)43-39(48)49-23-34-21-40-25-51-34;1-11(2)16-20-13(10-27-16)9-22(14-7-8-14)18(25)21-15(17(23)24)12(3)26-19(4,5)6;1-2;/h5-14,21,24-27,30-31,33,35H,15-20,22-23H2,1-4H3,(H,41,46)(H,43,48)(H,44,47);10-12,14-15H,7-9H2,1-6H3,(H,21,25)(H,23,24);;1H/t30-,31-,35+;12?,15-;;/m10../s1. The van der Waals surface area contributed by atoms with Gasteiger partial charge in [-0.2, -0.15) is 0 Å². The van der Waals surface area contributed by atoms with Crippen molar-refractivity contribution < 1.29 is 38.6 Å². The third-order valence-corrected chi connectivity index (χ3v) is 16.2. The van der Waals surface area contributed by atoms with Crippen LogP contribution in [0.2, 0.25) is 0 Å². The number of halogens is 3. The van der Waals surface area contributed by atoms with E-state index in [4.69, 9.17) is 14.5 Å². The van der Waals surface area contributed by atoms with Gasteiger partial charge in [0, 0.05) is 90.2 Å². The van der Waals surface area contributed by atoms with Gasteiger partial charge in [0.2, 0.25) is 5.91 Å². The molecule has 2 aliphatic rings. The molecule has 7 rings (SSSR count). The summed E-state index contributed by atoms with van der Waals surface area (Å²) < 4.78 is 11.2. The zero-order valence-electron chi connectivity index (χ0n) is 48.1. The molecule has 0 bridgehead atoms. The number of carboxylic acid groups (broad SMARTS) is 1. The largest absolute Gasteiger partial charge is 0.480 e. The highest BCUT2D eigenvalue weighted by Gasteiger charge is 2.38. The van der Waals surface area contributed by atoms with Gasteiger partial charge in [0.15, 0.2) is 6.04 Å². The number of aliphatic carboxylic acids is 1. The van der Waals surface area contributed by atoms with E-state index in [0.717, 1.165) is 63.1 Å². The van der Waals surface area contributed by atoms with Gasteiger partial charge in [-0.1, -0.05) is 102 Å². The third kappa shape index (κ3) is 24.8. The SMILES string of the molecule is CC(C)c1nc(CN(C(=O)N[C@H](C(=O)N[C@H](CC[C@H](Cc2ccccc2)NC(=O)OCc2cncs2)Cc2ccccc2)C(C)C)C2CC2)cs1.CC(C)c1nc(CN(C(=O)N[C@H](C(=O)O)C(C)OC(C)(C)C)C2CC2)cs1.I.II. The summed E-state index contributed by atoms with van der Waals surface area (Å²) >= 11 is 8.89. The molecule has 0 saturated heterocycles. The number of nitrogens with one attached hydrogen (secondary N) is 4. The third-order valence-electron chi connectivity index (χ3n) is 13.1. The van der Waals surface area contributed by atoms with E-state index in [2.05, 4.69) is 96.2 Å². The molecule has 2 fully saturated rings. The Bertz CT molecular complexity index is 2670. The fourth-order valence-electron chi connectivity index (χ4n) is 8.75. The number of nitrogens with zero attached hydrogens (tertiary/aromatic N) is 5. The molecule has 0 radical (unpaired) electrons. The van der Waals surface area contributed by atoms with Crippen LogP contribution in [-0.2, 0) is 51.6 Å². The average molecular weight is 1510 g/mol. The van der Waals surface area contributed by atoms with Crippen LogP contribution >= 0.6 is 95.2 Å². The van der Waals surface area contributed by atoms with E-state index in [1.807, 2.05) is 111 Å². The second-order valence-corrected chi connectivity index (χ2v) is 25.1. The monoisotopic (exact) mass is 1510 g/mol. The molecule has 1 unspecified atom stereocenters. The minimum Gasteiger partial charge on any atom is -0.480 e. The Kier molecular flexibility index (Phi) is 30.0. The summed E-state index contributed by atoms with van der Waals surface area (Å²) in [5.74, 6) is -0.787. The summed E-state index contributed by atoms with van der Waals surface area (Å²) in [7, 11) is 0. The van der Waals surface area contributed by atoms with Crippen molar-refractivity contribution in [3.8, 4) is 0 Å². The van der Waals surface area contributed by atoms with Crippen molar-refractivity contribution in [3.05, 3.63) is 121 Å². The summed E-state index contributed by atoms with van der Waals surface area (Å²) in [4.78, 5) is 83.0. The summed E-state index contributed by atoms with van der Waals surface area (Å²) in [5, 5.41) is 27.7. The molecule has 2 saturated carbocycles. The smallest absolute Gasteiger partial charge is 0.407 e. The van der Waals surface area contributed by atoms with Crippen LogP contribution < -0.4 is 21.3 Å². The molecule has 0 aliphatic heterocycles. The molecule has 23 heteroatoms. The molecular formula is C58H82I3N9O8S3. The van der Waals surface area contributed by atoms with Gasteiger partial charge in [0.05, 0.1) is 56.6 Å². The maximum atomic E-state index is 14.0. The Hall–Kier alpha value is -3.77. The number of urea groups is 2. The highest BCUT2D eigenvalue weighted by atomic mass is 128. The van der Waals surface area contributed by atoms with E-state index in [-0.39, 0.29) is 78.6 Å². The highest BCUT2D eigenvalue weighted by Crippen LogP contribution is 2.31. The molecule has 5 aromatic rings. The first-order chi connectivity index (χ1) is 38.1. The van der Waals surface area contributed by atoms with Crippen molar-refractivity contribution in [2.24, 2.45) is 5.92 Å². The van der Waals surface area contributed by atoms with Crippen LogP contribution in [0.3, 0.4) is 0 Å². The van der Waals surface area contributed by atoms with Crippen molar-refractivity contribution in [2.45, 2.75) is 200 Å². The Labute approximate surface area is 531 Å². The number of carboxylic acids is 1. The number of ether oxygens (including phenoxy) is 2. The average Bonchev–Trinajstić information content (AvgIpc) is 4.34. The molecular weight excluding hydrogens is 1430 g/mol. The second-order valence-electron chi connectivity index (χ2n) is 22.3. The van der Waals surface area contributed by atoms with Crippen molar-refractivity contribution in [1.82, 2.24) is 46.0 Å². The van der Waals surface area contributed by atoms with Crippen molar-refractivity contribution >= 4 is 125 Å². The molecule has 0 spiro atoms. The van der Waals surface area contributed by atoms with E-state index < -0.39 is 35.9 Å². The molecule has 81 heavy (non-hydrogen) atoms.